The molecule has 0 fully saturated rings. The fraction of sp³-hybridized carbons (Fsp3) is 0.308. The highest BCUT2D eigenvalue weighted by Gasteiger charge is 2.32. The molecular weight excluding hydrogens is 423 g/mol. The van der Waals surface area contributed by atoms with Gasteiger partial charge >= 0.3 is 0 Å². The molecule has 7 heteroatoms. The largest absolute Gasteiger partial charge is 0.486 e. The third-order valence-electron chi connectivity index (χ3n) is 5.74. The van der Waals surface area contributed by atoms with Crippen LogP contribution in [0.15, 0.2) is 59.0 Å². The van der Waals surface area contributed by atoms with Gasteiger partial charge in [-0.1, -0.05) is 25.1 Å². The Bertz CT molecular complexity index is 1160. The molecule has 0 aliphatic carbocycles. The number of nitrogens with zero attached hydrogens (tertiary/aromatic N) is 1. The quantitative estimate of drug-likeness (QED) is 0.570. The Labute approximate surface area is 192 Å². The number of rotatable bonds is 7. The van der Waals surface area contributed by atoms with E-state index in [0.29, 0.717) is 31.0 Å². The lowest BCUT2D eigenvalue weighted by Gasteiger charge is -2.38. The molecule has 1 N–H and O–H groups in total. The van der Waals surface area contributed by atoms with Crippen LogP contribution in [-0.2, 0) is 17.8 Å². The van der Waals surface area contributed by atoms with Crippen LogP contribution < -0.4 is 10.1 Å². The topological polar surface area (TPSA) is 71.8 Å². The van der Waals surface area contributed by atoms with Gasteiger partial charge in [0.1, 0.15) is 23.9 Å². The summed E-state index contributed by atoms with van der Waals surface area (Å²) in [6.45, 7) is 4.92. The number of nitrogens with one attached hydrogen (secondary N) is 1. The average molecular weight is 451 g/mol. The minimum absolute atomic E-state index is 0.0229. The lowest BCUT2D eigenvalue weighted by atomic mass is 9.87. The molecule has 0 saturated heterocycles. The standard InChI is InChI=1S/C26H27FN2O4/c1-3-24(30)29-13-12-17-8-9-20(15-22(17)25(29)18-6-5-7-19(27)14-18)32-16-21-10-11-23(33-21)26(31)28-4-2/h5-11,14-15,25H,3-4,12-13,16H2,1-2H3,(H,28,31)/t25-/m1/s1. The second kappa shape index (κ2) is 9.90. The lowest BCUT2D eigenvalue weighted by molar-refractivity contribution is -0.132. The Morgan fingerprint density at radius 3 is 2.76 bits per heavy atom. The first-order valence-corrected chi connectivity index (χ1v) is 11.2. The summed E-state index contributed by atoms with van der Waals surface area (Å²) < 4.78 is 25.5. The fourth-order valence-corrected chi connectivity index (χ4v) is 4.17. The van der Waals surface area contributed by atoms with E-state index in [0.717, 1.165) is 23.1 Å². The van der Waals surface area contributed by atoms with Gasteiger partial charge in [0.2, 0.25) is 5.91 Å². The van der Waals surface area contributed by atoms with Gasteiger partial charge in [-0.05, 0) is 66.4 Å². The highest BCUT2D eigenvalue weighted by Crippen LogP contribution is 2.37. The fourth-order valence-electron chi connectivity index (χ4n) is 4.17. The predicted molar refractivity (Wildman–Crippen MR) is 121 cm³/mol. The number of carbonyl (C=O) groups is 2. The first-order chi connectivity index (χ1) is 16.0. The van der Waals surface area contributed by atoms with Gasteiger partial charge in [0.15, 0.2) is 5.76 Å². The molecule has 0 saturated carbocycles. The van der Waals surface area contributed by atoms with E-state index in [1.165, 1.54) is 12.1 Å². The van der Waals surface area contributed by atoms with Crippen molar-refractivity contribution in [3.8, 4) is 5.75 Å². The third kappa shape index (κ3) is 4.92. The van der Waals surface area contributed by atoms with E-state index >= 15 is 0 Å². The number of carbonyl (C=O) groups excluding carboxylic acids is 2. The van der Waals surface area contributed by atoms with Crippen LogP contribution in [0.3, 0.4) is 0 Å². The van der Waals surface area contributed by atoms with Crippen LogP contribution in [0, 0.1) is 5.82 Å². The molecule has 4 rings (SSSR count). The minimum Gasteiger partial charge on any atom is -0.486 e. The molecule has 0 bridgehead atoms. The molecule has 2 amide bonds. The average Bonchev–Trinajstić information content (AvgIpc) is 3.31. The van der Waals surface area contributed by atoms with Crippen molar-refractivity contribution in [1.29, 1.82) is 0 Å². The van der Waals surface area contributed by atoms with Gasteiger partial charge in [0.25, 0.3) is 5.91 Å². The van der Waals surface area contributed by atoms with E-state index in [1.54, 1.807) is 18.2 Å². The zero-order chi connectivity index (χ0) is 23.4. The zero-order valence-corrected chi connectivity index (χ0v) is 18.8. The maximum Gasteiger partial charge on any atom is 0.286 e. The van der Waals surface area contributed by atoms with Crippen LogP contribution in [0.5, 0.6) is 5.75 Å². The van der Waals surface area contributed by atoms with E-state index in [1.807, 2.05) is 43.0 Å². The Kier molecular flexibility index (Phi) is 6.77. The summed E-state index contributed by atoms with van der Waals surface area (Å²) in [4.78, 5) is 26.4. The molecule has 172 valence electrons. The number of amides is 2. The zero-order valence-electron chi connectivity index (χ0n) is 18.8. The SMILES string of the molecule is CCNC(=O)c1ccc(COc2ccc3c(c2)[C@@H](c2cccc(F)c2)N(C(=O)CC)CC3)o1. The van der Waals surface area contributed by atoms with Crippen LogP contribution in [0.2, 0.25) is 0 Å². The van der Waals surface area contributed by atoms with Gasteiger partial charge < -0.3 is 19.4 Å². The Hall–Kier alpha value is -3.61. The molecule has 0 unspecified atom stereocenters. The number of fused-ring (bicyclic) bond motifs is 1. The Morgan fingerprint density at radius 1 is 1.15 bits per heavy atom. The van der Waals surface area contributed by atoms with E-state index in [2.05, 4.69) is 5.32 Å². The van der Waals surface area contributed by atoms with Crippen molar-refractivity contribution in [3.05, 3.63) is 88.6 Å². The maximum absolute atomic E-state index is 14.0. The highest BCUT2D eigenvalue weighted by molar-refractivity contribution is 5.91. The lowest BCUT2D eigenvalue weighted by Crippen LogP contribution is -2.40. The molecule has 1 atom stereocenters. The van der Waals surface area contributed by atoms with E-state index < -0.39 is 0 Å². The van der Waals surface area contributed by atoms with Gasteiger partial charge in [-0.15, -0.1) is 0 Å². The second-order valence-electron chi connectivity index (χ2n) is 7.92. The molecule has 6 nitrogen and oxygen atoms in total. The van der Waals surface area contributed by atoms with Crippen molar-refractivity contribution >= 4 is 11.8 Å². The van der Waals surface area contributed by atoms with Crippen LogP contribution in [0.4, 0.5) is 4.39 Å². The minimum atomic E-state index is -0.381. The number of furan rings is 1. The predicted octanol–water partition coefficient (Wildman–Crippen LogP) is 4.63. The number of ether oxygens (including phenoxy) is 1. The monoisotopic (exact) mass is 450 g/mol. The summed E-state index contributed by atoms with van der Waals surface area (Å²) in [7, 11) is 0. The van der Waals surface area contributed by atoms with Gasteiger partial charge in [-0.25, -0.2) is 4.39 Å². The van der Waals surface area contributed by atoms with Crippen molar-refractivity contribution in [2.24, 2.45) is 0 Å². The number of benzene rings is 2. The Balaban J connectivity index is 1.60. The molecule has 2 heterocycles. The van der Waals surface area contributed by atoms with Gasteiger partial charge in [0, 0.05) is 19.5 Å². The second-order valence-corrected chi connectivity index (χ2v) is 7.92. The van der Waals surface area contributed by atoms with Crippen molar-refractivity contribution in [1.82, 2.24) is 10.2 Å². The number of hydrogen-bond donors (Lipinski definition) is 1. The molecular formula is C26H27FN2O4. The third-order valence-corrected chi connectivity index (χ3v) is 5.74. The summed E-state index contributed by atoms with van der Waals surface area (Å²) >= 11 is 0. The summed E-state index contributed by atoms with van der Waals surface area (Å²) in [6.07, 6.45) is 1.10. The highest BCUT2D eigenvalue weighted by atomic mass is 19.1. The van der Waals surface area contributed by atoms with E-state index in [4.69, 9.17) is 9.15 Å². The maximum atomic E-state index is 14.0. The van der Waals surface area contributed by atoms with Crippen LogP contribution in [0.1, 0.15) is 59.3 Å². The summed E-state index contributed by atoms with van der Waals surface area (Å²) in [5.41, 5.74) is 2.76. The number of hydrogen-bond acceptors (Lipinski definition) is 4. The molecule has 0 spiro atoms. The summed E-state index contributed by atoms with van der Waals surface area (Å²) in [6, 6.07) is 15.1. The normalized spacial score (nSPS) is 15.1. The molecule has 0 radical (unpaired) electrons. The molecule has 1 aliphatic heterocycles. The molecule has 1 aliphatic rings. The molecule has 3 aromatic rings. The smallest absolute Gasteiger partial charge is 0.286 e. The number of halogens is 1. The van der Waals surface area contributed by atoms with Crippen LogP contribution >= 0.6 is 0 Å². The first kappa shape index (κ1) is 22.6. The molecule has 33 heavy (non-hydrogen) atoms. The molecule has 2 aromatic carbocycles. The van der Waals surface area contributed by atoms with Crippen molar-refractivity contribution < 1.29 is 23.1 Å². The van der Waals surface area contributed by atoms with Gasteiger partial charge in [-0.2, -0.15) is 0 Å². The van der Waals surface area contributed by atoms with Crippen molar-refractivity contribution in [2.75, 3.05) is 13.1 Å². The van der Waals surface area contributed by atoms with Gasteiger partial charge in [-0.3, -0.25) is 9.59 Å². The van der Waals surface area contributed by atoms with Crippen LogP contribution in [-0.4, -0.2) is 29.8 Å². The summed E-state index contributed by atoms with van der Waals surface area (Å²) in [5, 5.41) is 2.69. The first-order valence-electron chi connectivity index (χ1n) is 11.2. The van der Waals surface area contributed by atoms with Gasteiger partial charge in [0.05, 0.1) is 6.04 Å². The van der Waals surface area contributed by atoms with Crippen LogP contribution in [0.25, 0.3) is 0 Å². The van der Waals surface area contributed by atoms with Crippen molar-refractivity contribution in [3.63, 3.8) is 0 Å². The van der Waals surface area contributed by atoms with E-state index in [-0.39, 0.29) is 36.0 Å². The Morgan fingerprint density at radius 2 is 2.00 bits per heavy atom. The van der Waals surface area contributed by atoms with Crippen molar-refractivity contribution in [2.45, 2.75) is 39.3 Å². The molecule has 1 aromatic heterocycles. The van der Waals surface area contributed by atoms with E-state index in [9.17, 15) is 14.0 Å². The summed E-state index contributed by atoms with van der Waals surface area (Å²) in [5.74, 6) is 0.790.